The van der Waals surface area contributed by atoms with Gasteiger partial charge >= 0.3 is 0 Å². The Morgan fingerprint density at radius 2 is 1.76 bits per heavy atom. The number of benzene rings is 1. The van der Waals surface area contributed by atoms with Crippen LogP contribution >= 0.6 is 0 Å². The summed E-state index contributed by atoms with van der Waals surface area (Å²) >= 11 is 0. The second kappa shape index (κ2) is 6.72. The summed E-state index contributed by atoms with van der Waals surface area (Å²) in [5.74, 6) is -0.0633. The summed E-state index contributed by atoms with van der Waals surface area (Å²) in [6, 6.07) is 7.26. The second-order valence-electron chi connectivity index (χ2n) is 5.85. The van der Waals surface area contributed by atoms with Crippen molar-refractivity contribution in [3.05, 3.63) is 29.8 Å². The summed E-state index contributed by atoms with van der Waals surface area (Å²) in [5.41, 5.74) is 7.21. The maximum absolute atomic E-state index is 12.3. The fourth-order valence-corrected chi connectivity index (χ4v) is 2.27. The Bertz CT molecular complexity index is 503. The van der Waals surface area contributed by atoms with E-state index in [4.69, 9.17) is 5.73 Å². The van der Waals surface area contributed by atoms with Crippen LogP contribution in [-0.2, 0) is 4.79 Å². The normalized spacial score (nSPS) is 16.1. The molecule has 0 aromatic heterocycles. The number of piperidine rings is 1. The number of likely N-dealkylation sites (tertiary alicyclic amines) is 1. The summed E-state index contributed by atoms with van der Waals surface area (Å²) in [6.07, 6.45) is 1.71. The fourth-order valence-electron chi connectivity index (χ4n) is 2.27. The Labute approximate surface area is 125 Å². The molecule has 1 aliphatic heterocycles. The average Bonchev–Trinajstić information content (AvgIpc) is 2.48. The molecule has 0 unspecified atom stereocenters. The third-order valence-corrected chi connectivity index (χ3v) is 3.75. The third-order valence-electron chi connectivity index (χ3n) is 3.75. The van der Waals surface area contributed by atoms with Crippen molar-refractivity contribution in [1.29, 1.82) is 0 Å². The first-order valence-electron chi connectivity index (χ1n) is 7.43. The SMILES string of the molecule is CC(C)C(=O)Nc1ccc(C(=O)N2CCC(N)CC2)cc1. The summed E-state index contributed by atoms with van der Waals surface area (Å²) in [5, 5.41) is 2.81. The van der Waals surface area contributed by atoms with Crippen LogP contribution in [0.2, 0.25) is 0 Å². The van der Waals surface area contributed by atoms with Gasteiger partial charge in [0.25, 0.3) is 5.91 Å². The first kappa shape index (κ1) is 15.5. The molecule has 0 radical (unpaired) electrons. The van der Waals surface area contributed by atoms with E-state index in [1.807, 2.05) is 18.7 Å². The van der Waals surface area contributed by atoms with E-state index in [1.54, 1.807) is 24.3 Å². The Morgan fingerprint density at radius 1 is 1.19 bits per heavy atom. The molecule has 5 nitrogen and oxygen atoms in total. The highest BCUT2D eigenvalue weighted by atomic mass is 16.2. The standard InChI is InChI=1S/C16H23N3O2/c1-11(2)15(20)18-14-5-3-12(4-6-14)16(21)19-9-7-13(17)8-10-19/h3-6,11,13H,7-10,17H2,1-2H3,(H,18,20). The molecular weight excluding hydrogens is 266 g/mol. The molecule has 2 rings (SSSR count). The number of nitrogens with two attached hydrogens (primary N) is 1. The smallest absolute Gasteiger partial charge is 0.253 e. The van der Waals surface area contributed by atoms with Gasteiger partial charge in [-0.15, -0.1) is 0 Å². The predicted molar refractivity (Wildman–Crippen MR) is 83.0 cm³/mol. The number of hydrogen-bond donors (Lipinski definition) is 2. The van der Waals surface area contributed by atoms with Gasteiger partial charge in [0.1, 0.15) is 0 Å². The first-order chi connectivity index (χ1) is 9.97. The maximum Gasteiger partial charge on any atom is 0.253 e. The molecule has 1 saturated heterocycles. The van der Waals surface area contributed by atoms with E-state index in [2.05, 4.69) is 5.32 Å². The van der Waals surface area contributed by atoms with Crippen molar-refractivity contribution < 1.29 is 9.59 Å². The van der Waals surface area contributed by atoms with E-state index in [9.17, 15) is 9.59 Å². The van der Waals surface area contributed by atoms with Crippen LogP contribution < -0.4 is 11.1 Å². The van der Waals surface area contributed by atoms with Crippen molar-refractivity contribution in [1.82, 2.24) is 4.90 Å². The van der Waals surface area contributed by atoms with Crippen LogP contribution in [0.3, 0.4) is 0 Å². The maximum atomic E-state index is 12.3. The number of nitrogens with one attached hydrogen (secondary N) is 1. The lowest BCUT2D eigenvalue weighted by atomic mass is 10.0. The van der Waals surface area contributed by atoms with Crippen LogP contribution in [0.1, 0.15) is 37.0 Å². The molecule has 0 atom stereocenters. The minimum absolute atomic E-state index is 0.0286. The van der Waals surface area contributed by atoms with Gasteiger partial charge in [0, 0.05) is 36.3 Å². The number of hydrogen-bond acceptors (Lipinski definition) is 3. The van der Waals surface area contributed by atoms with Gasteiger partial charge in [0.2, 0.25) is 5.91 Å². The van der Waals surface area contributed by atoms with Gasteiger partial charge in [-0.3, -0.25) is 9.59 Å². The van der Waals surface area contributed by atoms with Crippen LogP contribution in [-0.4, -0.2) is 35.8 Å². The lowest BCUT2D eigenvalue weighted by Gasteiger charge is -2.30. The molecule has 0 saturated carbocycles. The van der Waals surface area contributed by atoms with Crippen molar-refractivity contribution >= 4 is 17.5 Å². The molecule has 1 aliphatic rings. The fraction of sp³-hybridized carbons (Fsp3) is 0.500. The van der Waals surface area contributed by atoms with Gasteiger partial charge < -0.3 is 16.0 Å². The number of carbonyl (C=O) groups excluding carboxylic acids is 2. The largest absolute Gasteiger partial charge is 0.339 e. The van der Waals surface area contributed by atoms with Gasteiger partial charge in [-0.05, 0) is 37.1 Å². The topological polar surface area (TPSA) is 75.4 Å². The Morgan fingerprint density at radius 3 is 2.29 bits per heavy atom. The second-order valence-corrected chi connectivity index (χ2v) is 5.85. The molecule has 1 aromatic rings. The Kier molecular flexibility index (Phi) is 4.96. The highest BCUT2D eigenvalue weighted by Gasteiger charge is 2.21. The van der Waals surface area contributed by atoms with Crippen LogP contribution in [0.5, 0.6) is 0 Å². The molecule has 0 aliphatic carbocycles. The monoisotopic (exact) mass is 289 g/mol. The lowest BCUT2D eigenvalue weighted by Crippen LogP contribution is -2.42. The minimum Gasteiger partial charge on any atom is -0.339 e. The Balaban J connectivity index is 1.98. The molecule has 0 bridgehead atoms. The van der Waals surface area contributed by atoms with Crippen LogP contribution in [0.4, 0.5) is 5.69 Å². The molecule has 0 spiro atoms. The van der Waals surface area contributed by atoms with E-state index in [-0.39, 0.29) is 23.8 Å². The summed E-state index contributed by atoms with van der Waals surface area (Å²) in [7, 11) is 0. The van der Waals surface area contributed by atoms with Gasteiger partial charge in [0.15, 0.2) is 0 Å². The molecule has 1 fully saturated rings. The van der Waals surface area contributed by atoms with Gasteiger partial charge in [0.05, 0.1) is 0 Å². The quantitative estimate of drug-likeness (QED) is 0.891. The Hall–Kier alpha value is -1.88. The minimum atomic E-state index is -0.0659. The van der Waals surface area contributed by atoms with E-state index in [0.29, 0.717) is 24.3 Å². The zero-order valence-corrected chi connectivity index (χ0v) is 12.6. The summed E-state index contributed by atoms with van der Waals surface area (Å²) in [6.45, 7) is 5.11. The van der Waals surface area contributed by atoms with Crippen LogP contribution in [0, 0.1) is 5.92 Å². The number of nitrogens with zero attached hydrogens (tertiary/aromatic N) is 1. The number of anilines is 1. The van der Waals surface area contributed by atoms with E-state index in [0.717, 1.165) is 12.8 Å². The number of rotatable bonds is 3. The van der Waals surface area contributed by atoms with Crippen molar-refractivity contribution in [3.63, 3.8) is 0 Å². The molecule has 5 heteroatoms. The van der Waals surface area contributed by atoms with E-state index < -0.39 is 0 Å². The highest BCUT2D eigenvalue weighted by molar-refractivity contribution is 5.96. The number of amides is 2. The van der Waals surface area contributed by atoms with Crippen LogP contribution in [0.15, 0.2) is 24.3 Å². The molecule has 114 valence electrons. The highest BCUT2D eigenvalue weighted by Crippen LogP contribution is 2.15. The van der Waals surface area contributed by atoms with Crippen molar-refractivity contribution in [2.24, 2.45) is 11.7 Å². The summed E-state index contributed by atoms with van der Waals surface area (Å²) < 4.78 is 0. The van der Waals surface area contributed by atoms with Gasteiger partial charge in [-0.25, -0.2) is 0 Å². The molecular formula is C16H23N3O2. The van der Waals surface area contributed by atoms with E-state index >= 15 is 0 Å². The molecule has 1 aromatic carbocycles. The molecule has 2 amide bonds. The molecule has 3 N–H and O–H groups in total. The third kappa shape index (κ3) is 4.04. The lowest BCUT2D eigenvalue weighted by molar-refractivity contribution is -0.118. The zero-order chi connectivity index (χ0) is 15.4. The van der Waals surface area contributed by atoms with Crippen molar-refractivity contribution in [2.75, 3.05) is 18.4 Å². The van der Waals surface area contributed by atoms with Crippen molar-refractivity contribution in [2.45, 2.75) is 32.7 Å². The van der Waals surface area contributed by atoms with Gasteiger partial charge in [-0.2, -0.15) is 0 Å². The first-order valence-corrected chi connectivity index (χ1v) is 7.43. The predicted octanol–water partition coefficient (Wildman–Crippen LogP) is 1.84. The van der Waals surface area contributed by atoms with E-state index in [1.165, 1.54) is 0 Å². The van der Waals surface area contributed by atoms with Crippen molar-refractivity contribution in [3.8, 4) is 0 Å². The molecule has 1 heterocycles. The van der Waals surface area contributed by atoms with Crippen LogP contribution in [0.25, 0.3) is 0 Å². The van der Waals surface area contributed by atoms with Gasteiger partial charge in [-0.1, -0.05) is 13.8 Å². The molecule has 21 heavy (non-hydrogen) atoms. The summed E-state index contributed by atoms with van der Waals surface area (Å²) in [4.78, 5) is 25.8. The average molecular weight is 289 g/mol. The zero-order valence-electron chi connectivity index (χ0n) is 12.6. The number of carbonyl (C=O) groups is 2.